The highest BCUT2D eigenvalue weighted by molar-refractivity contribution is 7.08. The van der Waals surface area contributed by atoms with E-state index in [1.807, 2.05) is 35.2 Å². The second kappa shape index (κ2) is 7.53. The molecule has 3 aromatic rings. The van der Waals surface area contributed by atoms with Crippen molar-refractivity contribution in [3.8, 4) is 11.8 Å². The van der Waals surface area contributed by atoms with Crippen molar-refractivity contribution in [3.63, 3.8) is 0 Å². The molecule has 0 spiro atoms. The second-order valence-electron chi connectivity index (χ2n) is 5.22. The predicted molar refractivity (Wildman–Crippen MR) is 90.6 cm³/mol. The molecule has 0 radical (unpaired) electrons. The summed E-state index contributed by atoms with van der Waals surface area (Å²) in [7, 11) is 0. The van der Waals surface area contributed by atoms with Gasteiger partial charge in [0.1, 0.15) is 5.69 Å². The van der Waals surface area contributed by atoms with Gasteiger partial charge in [-0.1, -0.05) is 17.3 Å². The topological polar surface area (TPSA) is 83.6 Å². The summed E-state index contributed by atoms with van der Waals surface area (Å²) in [6, 6.07) is 11.3. The van der Waals surface area contributed by atoms with E-state index in [4.69, 9.17) is 5.26 Å². The first-order valence-corrected chi connectivity index (χ1v) is 8.38. The lowest BCUT2D eigenvalue weighted by molar-refractivity contribution is -0.121. The number of rotatable bonds is 6. The predicted octanol–water partition coefficient (Wildman–Crippen LogP) is 2.45. The average molecular weight is 337 g/mol. The quantitative estimate of drug-likeness (QED) is 0.749. The molecule has 2 heterocycles. The fourth-order valence-corrected chi connectivity index (χ4v) is 2.80. The molecule has 0 aliphatic heterocycles. The summed E-state index contributed by atoms with van der Waals surface area (Å²) in [5, 5.41) is 23.7. The molecule has 24 heavy (non-hydrogen) atoms. The summed E-state index contributed by atoms with van der Waals surface area (Å²) in [5.74, 6) is -0.0376. The van der Waals surface area contributed by atoms with E-state index < -0.39 is 0 Å². The molecular formula is C17H15N5OS. The minimum atomic E-state index is -0.0376. The molecule has 1 aromatic carbocycles. The number of nitrogens with zero attached hydrogens (tertiary/aromatic N) is 4. The summed E-state index contributed by atoms with van der Waals surface area (Å²) >= 11 is 1.59. The lowest BCUT2D eigenvalue weighted by Gasteiger charge is -2.03. The third kappa shape index (κ3) is 4.06. The number of aromatic nitrogens is 3. The zero-order valence-corrected chi connectivity index (χ0v) is 13.7. The van der Waals surface area contributed by atoms with Crippen molar-refractivity contribution < 1.29 is 4.79 Å². The first kappa shape index (κ1) is 15.9. The number of amides is 1. The second-order valence-corrected chi connectivity index (χ2v) is 6.00. The highest BCUT2D eigenvalue weighted by Gasteiger charge is 2.06. The molecule has 120 valence electrons. The van der Waals surface area contributed by atoms with E-state index in [0.717, 1.165) is 11.3 Å². The zero-order chi connectivity index (χ0) is 16.8. The standard InChI is InChI=1S/C17H15N5OS/c18-9-14-3-1-13(2-4-14)5-6-17(23)19-10-15-11-22(21-20-15)16-7-8-24-12-16/h1-4,7-8,11-12H,5-6,10H2,(H,19,23). The third-order valence-electron chi connectivity index (χ3n) is 3.50. The molecule has 3 rings (SSSR count). The Morgan fingerprint density at radius 3 is 2.83 bits per heavy atom. The summed E-state index contributed by atoms with van der Waals surface area (Å²) in [6.07, 6.45) is 2.84. The monoisotopic (exact) mass is 337 g/mol. The number of nitriles is 1. The van der Waals surface area contributed by atoms with Crippen LogP contribution in [0.1, 0.15) is 23.2 Å². The van der Waals surface area contributed by atoms with Gasteiger partial charge in [-0.2, -0.15) is 16.6 Å². The van der Waals surface area contributed by atoms with Gasteiger partial charge in [0.25, 0.3) is 0 Å². The van der Waals surface area contributed by atoms with Crippen molar-refractivity contribution in [1.29, 1.82) is 5.26 Å². The molecular weight excluding hydrogens is 322 g/mol. The van der Waals surface area contributed by atoms with E-state index in [1.165, 1.54) is 0 Å². The minimum Gasteiger partial charge on any atom is -0.350 e. The Morgan fingerprint density at radius 1 is 1.29 bits per heavy atom. The van der Waals surface area contributed by atoms with Gasteiger partial charge in [0.2, 0.25) is 5.91 Å². The van der Waals surface area contributed by atoms with E-state index in [0.29, 0.717) is 30.6 Å². The van der Waals surface area contributed by atoms with Crippen molar-refractivity contribution in [1.82, 2.24) is 20.3 Å². The molecule has 0 atom stereocenters. The van der Waals surface area contributed by atoms with E-state index in [9.17, 15) is 4.79 Å². The SMILES string of the molecule is N#Cc1ccc(CCC(=O)NCc2cn(-c3ccsc3)nn2)cc1. The van der Waals surface area contributed by atoms with Gasteiger partial charge in [-0.3, -0.25) is 4.79 Å². The Kier molecular flexibility index (Phi) is 4.99. The molecule has 0 unspecified atom stereocenters. The van der Waals surface area contributed by atoms with E-state index in [2.05, 4.69) is 21.7 Å². The molecule has 1 N–H and O–H groups in total. The van der Waals surface area contributed by atoms with Crippen LogP contribution in [0.3, 0.4) is 0 Å². The highest BCUT2D eigenvalue weighted by Crippen LogP contribution is 2.11. The van der Waals surface area contributed by atoms with E-state index >= 15 is 0 Å². The first-order valence-electron chi connectivity index (χ1n) is 7.44. The molecule has 0 bridgehead atoms. The fourth-order valence-electron chi connectivity index (χ4n) is 2.17. The first-order chi connectivity index (χ1) is 11.7. The number of hydrogen-bond acceptors (Lipinski definition) is 5. The molecule has 0 aliphatic carbocycles. The van der Waals surface area contributed by atoms with Crippen LogP contribution in [0, 0.1) is 11.3 Å². The Balaban J connectivity index is 1.46. The van der Waals surface area contributed by atoms with Crippen LogP contribution in [0.5, 0.6) is 0 Å². The Labute approximate surface area is 143 Å². The zero-order valence-electron chi connectivity index (χ0n) is 12.8. The maximum Gasteiger partial charge on any atom is 0.220 e. The maximum absolute atomic E-state index is 11.9. The summed E-state index contributed by atoms with van der Waals surface area (Å²) in [6.45, 7) is 0.357. The van der Waals surface area contributed by atoms with Crippen LogP contribution in [0.15, 0.2) is 47.3 Å². The van der Waals surface area contributed by atoms with Gasteiger partial charge >= 0.3 is 0 Å². The average Bonchev–Trinajstić information content (AvgIpc) is 3.29. The molecule has 2 aromatic heterocycles. The number of carbonyl (C=O) groups is 1. The number of hydrogen-bond donors (Lipinski definition) is 1. The van der Waals surface area contributed by atoms with Crippen molar-refractivity contribution in [3.05, 3.63) is 64.1 Å². The number of thiophene rings is 1. The van der Waals surface area contributed by atoms with Crippen molar-refractivity contribution in [2.24, 2.45) is 0 Å². The number of carbonyl (C=O) groups excluding carboxylic acids is 1. The molecule has 1 amide bonds. The van der Waals surface area contributed by atoms with Crippen molar-refractivity contribution in [2.45, 2.75) is 19.4 Å². The number of benzene rings is 1. The van der Waals surface area contributed by atoms with Crippen molar-refractivity contribution in [2.75, 3.05) is 0 Å². The van der Waals surface area contributed by atoms with Crippen LogP contribution >= 0.6 is 11.3 Å². The van der Waals surface area contributed by atoms with Crippen LogP contribution in [0.2, 0.25) is 0 Å². The fraction of sp³-hybridized carbons (Fsp3) is 0.176. The molecule has 0 fully saturated rings. The lowest BCUT2D eigenvalue weighted by Crippen LogP contribution is -2.23. The van der Waals surface area contributed by atoms with Gasteiger partial charge in [0.05, 0.1) is 30.1 Å². The van der Waals surface area contributed by atoms with Gasteiger partial charge in [0.15, 0.2) is 0 Å². The van der Waals surface area contributed by atoms with E-state index in [-0.39, 0.29) is 5.91 Å². The van der Waals surface area contributed by atoms with Crippen LogP contribution in [0.4, 0.5) is 0 Å². The third-order valence-corrected chi connectivity index (χ3v) is 4.17. The van der Waals surface area contributed by atoms with Crippen LogP contribution in [-0.2, 0) is 17.8 Å². The Bertz CT molecular complexity index is 846. The molecule has 7 heteroatoms. The van der Waals surface area contributed by atoms with Crippen molar-refractivity contribution >= 4 is 17.2 Å². The Morgan fingerprint density at radius 2 is 2.12 bits per heavy atom. The van der Waals surface area contributed by atoms with E-state index in [1.54, 1.807) is 28.2 Å². The maximum atomic E-state index is 11.9. The summed E-state index contributed by atoms with van der Waals surface area (Å²) < 4.78 is 1.69. The van der Waals surface area contributed by atoms with Gasteiger partial charge in [-0.25, -0.2) is 4.68 Å². The summed E-state index contributed by atoms with van der Waals surface area (Å²) in [5.41, 5.74) is 3.34. The Hall–Kier alpha value is -2.98. The molecule has 0 saturated carbocycles. The normalized spacial score (nSPS) is 10.3. The van der Waals surface area contributed by atoms with Gasteiger partial charge in [-0.05, 0) is 35.6 Å². The molecule has 0 saturated heterocycles. The largest absolute Gasteiger partial charge is 0.350 e. The van der Waals surface area contributed by atoms with Gasteiger partial charge in [-0.15, -0.1) is 5.10 Å². The summed E-state index contributed by atoms with van der Waals surface area (Å²) in [4.78, 5) is 11.9. The van der Waals surface area contributed by atoms with Crippen LogP contribution in [-0.4, -0.2) is 20.9 Å². The van der Waals surface area contributed by atoms with Crippen LogP contribution in [0.25, 0.3) is 5.69 Å². The lowest BCUT2D eigenvalue weighted by atomic mass is 10.1. The number of aryl methyl sites for hydroxylation is 1. The smallest absolute Gasteiger partial charge is 0.220 e. The van der Waals surface area contributed by atoms with Gasteiger partial charge in [0, 0.05) is 11.8 Å². The van der Waals surface area contributed by atoms with Crippen LogP contribution < -0.4 is 5.32 Å². The molecule has 0 aliphatic rings. The number of nitrogens with one attached hydrogen (secondary N) is 1. The highest BCUT2D eigenvalue weighted by atomic mass is 32.1. The minimum absolute atomic E-state index is 0.0376. The van der Waals surface area contributed by atoms with Gasteiger partial charge < -0.3 is 5.32 Å². The molecule has 6 nitrogen and oxygen atoms in total.